The molecule has 3 rings (SSSR count). The molecule has 128 valence electrons. The highest BCUT2D eigenvalue weighted by Crippen LogP contribution is 2.28. The zero-order valence-electron chi connectivity index (χ0n) is 13.9. The minimum atomic E-state index is 0.0209. The fourth-order valence-corrected chi connectivity index (χ4v) is 3.46. The average molecular weight is 346 g/mol. The van der Waals surface area contributed by atoms with Crippen molar-refractivity contribution in [3.8, 4) is 0 Å². The number of nitrogens with one attached hydrogen (secondary N) is 1. The van der Waals surface area contributed by atoms with Gasteiger partial charge in [0.1, 0.15) is 11.6 Å². The normalized spacial score (nSPS) is 16.4. The highest BCUT2D eigenvalue weighted by atomic mass is 32.1. The molecule has 0 bridgehead atoms. The van der Waals surface area contributed by atoms with E-state index in [-0.39, 0.29) is 11.9 Å². The van der Waals surface area contributed by atoms with Crippen molar-refractivity contribution in [3.05, 3.63) is 40.8 Å². The Morgan fingerprint density at radius 3 is 2.83 bits per heavy atom. The molecule has 24 heavy (non-hydrogen) atoms. The van der Waals surface area contributed by atoms with Gasteiger partial charge in [0.2, 0.25) is 5.91 Å². The van der Waals surface area contributed by atoms with Gasteiger partial charge in [0.25, 0.3) is 0 Å². The van der Waals surface area contributed by atoms with Crippen LogP contribution in [0, 0.1) is 4.77 Å². The van der Waals surface area contributed by atoms with Gasteiger partial charge in [-0.2, -0.15) is 5.10 Å². The van der Waals surface area contributed by atoms with E-state index in [4.69, 9.17) is 16.6 Å². The molecule has 1 N–H and O–H groups in total. The first-order valence-corrected chi connectivity index (χ1v) is 8.64. The smallest absolute Gasteiger partial charge is 0.246 e. The van der Waals surface area contributed by atoms with Crippen LogP contribution in [-0.4, -0.2) is 38.7 Å². The largest absolute Gasteiger partial charge is 0.465 e. The first kappa shape index (κ1) is 16.7. The van der Waals surface area contributed by atoms with Crippen LogP contribution in [0.4, 0.5) is 0 Å². The van der Waals surface area contributed by atoms with E-state index in [9.17, 15) is 4.79 Å². The summed E-state index contributed by atoms with van der Waals surface area (Å²) in [5, 5.41) is 7.32. The first-order chi connectivity index (χ1) is 11.6. The average Bonchev–Trinajstić information content (AvgIpc) is 3.22. The standard InChI is InChI=1S/C17H22N4O2S/c1-12(2)21-16(18-19-17(21)24)13-7-9-20(10-8-13)15(22)6-5-14-4-3-11-23-14/h3-6,11-13H,7-10H2,1-2H3,(H,19,24)/b6-5+. The Balaban J connectivity index is 1.62. The van der Waals surface area contributed by atoms with E-state index >= 15 is 0 Å². The van der Waals surface area contributed by atoms with Crippen LogP contribution in [0.3, 0.4) is 0 Å². The van der Waals surface area contributed by atoms with Gasteiger partial charge in [0.15, 0.2) is 4.77 Å². The molecule has 7 heteroatoms. The lowest BCUT2D eigenvalue weighted by Crippen LogP contribution is -2.37. The molecular formula is C17H22N4O2S. The maximum atomic E-state index is 12.3. The van der Waals surface area contributed by atoms with E-state index in [1.54, 1.807) is 24.5 Å². The number of likely N-dealkylation sites (tertiary alicyclic amines) is 1. The van der Waals surface area contributed by atoms with Gasteiger partial charge in [-0.3, -0.25) is 9.89 Å². The summed E-state index contributed by atoms with van der Waals surface area (Å²) in [7, 11) is 0. The van der Waals surface area contributed by atoms with Gasteiger partial charge < -0.3 is 13.9 Å². The Bertz CT molecular complexity index is 765. The van der Waals surface area contributed by atoms with Crippen molar-refractivity contribution in [2.24, 2.45) is 0 Å². The maximum absolute atomic E-state index is 12.3. The first-order valence-electron chi connectivity index (χ1n) is 8.23. The molecule has 1 fully saturated rings. The molecule has 0 spiro atoms. The number of rotatable bonds is 4. The lowest BCUT2D eigenvalue weighted by Gasteiger charge is -2.31. The van der Waals surface area contributed by atoms with Gasteiger partial charge in [-0.25, -0.2) is 0 Å². The number of aromatic nitrogens is 3. The van der Waals surface area contributed by atoms with Crippen molar-refractivity contribution >= 4 is 24.2 Å². The molecule has 0 aliphatic carbocycles. The van der Waals surface area contributed by atoms with Crippen LogP contribution in [0.1, 0.15) is 50.2 Å². The van der Waals surface area contributed by atoms with Crippen molar-refractivity contribution < 1.29 is 9.21 Å². The van der Waals surface area contributed by atoms with Crippen LogP contribution < -0.4 is 0 Å². The Kier molecular flexibility index (Phi) is 4.99. The number of furan rings is 1. The van der Waals surface area contributed by atoms with Gasteiger partial charge in [-0.05, 0) is 57.1 Å². The minimum absolute atomic E-state index is 0.0209. The molecule has 2 aromatic rings. The molecule has 2 aromatic heterocycles. The minimum Gasteiger partial charge on any atom is -0.465 e. The third kappa shape index (κ3) is 3.51. The summed E-state index contributed by atoms with van der Waals surface area (Å²) in [6.07, 6.45) is 6.66. The topological polar surface area (TPSA) is 67.1 Å². The number of carbonyl (C=O) groups is 1. The Hall–Kier alpha value is -2.15. The third-order valence-electron chi connectivity index (χ3n) is 4.35. The molecule has 1 aliphatic rings. The van der Waals surface area contributed by atoms with Gasteiger partial charge >= 0.3 is 0 Å². The highest BCUT2D eigenvalue weighted by Gasteiger charge is 2.27. The molecular weight excluding hydrogens is 324 g/mol. The second kappa shape index (κ2) is 7.17. The van der Waals surface area contributed by atoms with Gasteiger partial charge in [-0.1, -0.05) is 0 Å². The number of nitrogens with zero attached hydrogens (tertiary/aromatic N) is 3. The zero-order valence-corrected chi connectivity index (χ0v) is 14.8. The molecule has 3 heterocycles. The molecule has 1 amide bonds. The van der Waals surface area contributed by atoms with E-state index in [0.29, 0.717) is 16.4 Å². The lowest BCUT2D eigenvalue weighted by molar-refractivity contribution is -0.127. The fraction of sp³-hybridized carbons (Fsp3) is 0.471. The SMILES string of the molecule is CC(C)n1c(C2CCN(C(=O)/C=C/c3ccco3)CC2)n[nH]c1=S. The molecule has 6 nitrogen and oxygen atoms in total. The van der Waals surface area contributed by atoms with E-state index in [2.05, 4.69) is 28.6 Å². The van der Waals surface area contributed by atoms with Gasteiger partial charge in [0.05, 0.1) is 6.26 Å². The molecule has 0 unspecified atom stereocenters. The number of piperidine rings is 1. The number of aromatic amines is 1. The number of H-pyrrole nitrogens is 1. The number of hydrogen-bond donors (Lipinski definition) is 1. The lowest BCUT2D eigenvalue weighted by atomic mass is 9.95. The molecule has 0 atom stereocenters. The van der Waals surface area contributed by atoms with Crippen molar-refractivity contribution in [2.45, 2.75) is 38.6 Å². The molecule has 1 aliphatic heterocycles. The van der Waals surface area contributed by atoms with Crippen LogP contribution in [0.25, 0.3) is 6.08 Å². The quantitative estimate of drug-likeness (QED) is 0.679. The Morgan fingerprint density at radius 2 is 2.21 bits per heavy atom. The zero-order chi connectivity index (χ0) is 17.1. The van der Waals surface area contributed by atoms with E-state index in [1.165, 1.54) is 0 Å². The summed E-state index contributed by atoms with van der Waals surface area (Å²) in [4.78, 5) is 14.1. The number of hydrogen-bond acceptors (Lipinski definition) is 4. The second-order valence-electron chi connectivity index (χ2n) is 6.30. The Morgan fingerprint density at radius 1 is 1.46 bits per heavy atom. The summed E-state index contributed by atoms with van der Waals surface area (Å²) in [5.41, 5.74) is 0. The summed E-state index contributed by atoms with van der Waals surface area (Å²) in [5.74, 6) is 2.05. The molecule has 0 aromatic carbocycles. The summed E-state index contributed by atoms with van der Waals surface area (Å²) in [6.45, 7) is 5.66. The van der Waals surface area contributed by atoms with Crippen LogP contribution in [0.5, 0.6) is 0 Å². The highest BCUT2D eigenvalue weighted by molar-refractivity contribution is 7.71. The summed E-state index contributed by atoms with van der Waals surface area (Å²) >= 11 is 5.32. The number of amides is 1. The molecule has 1 saturated heterocycles. The van der Waals surface area contributed by atoms with Crippen LogP contribution in [0.15, 0.2) is 28.9 Å². The summed E-state index contributed by atoms with van der Waals surface area (Å²) in [6, 6.07) is 3.91. The summed E-state index contributed by atoms with van der Waals surface area (Å²) < 4.78 is 7.95. The van der Waals surface area contributed by atoms with Gasteiger partial charge in [0, 0.05) is 31.1 Å². The van der Waals surface area contributed by atoms with Gasteiger partial charge in [-0.15, -0.1) is 0 Å². The predicted molar refractivity (Wildman–Crippen MR) is 94.1 cm³/mol. The monoisotopic (exact) mass is 346 g/mol. The second-order valence-corrected chi connectivity index (χ2v) is 6.69. The maximum Gasteiger partial charge on any atom is 0.246 e. The van der Waals surface area contributed by atoms with Crippen LogP contribution >= 0.6 is 12.2 Å². The third-order valence-corrected chi connectivity index (χ3v) is 4.64. The Labute approximate surface area is 146 Å². The van der Waals surface area contributed by atoms with Crippen molar-refractivity contribution in [1.82, 2.24) is 19.7 Å². The van der Waals surface area contributed by atoms with Crippen molar-refractivity contribution in [2.75, 3.05) is 13.1 Å². The van der Waals surface area contributed by atoms with E-state index in [1.807, 2.05) is 11.0 Å². The molecule has 0 radical (unpaired) electrons. The van der Waals surface area contributed by atoms with Crippen LogP contribution in [-0.2, 0) is 4.79 Å². The fourth-order valence-electron chi connectivity index (χ4n) is 3.11. The predicted octanol–water partition coefficient (Wildman–Crippen LogP) is 3.53. The van der Waals surface area contributed by atoms with E-state index < -0.39 is 0 Å². The van der Waals surface area contributed by atoms with Crippen LogP contribution in [0.2, 0.25) is 0 Å². The van der Waals surface area contributed by atoms with Crippen molar-refractivity contribution in [3.63, 3.8) is 0 Å². The molecule has 0 saturated carbocycles. The van der Waals surface area contributed by atoms with E-state index in [0.717, 1.165) is 31.8 Å². The van der Waals surface area contributed by atoms with Crippen molar-refractivity contribution in [1.29, 1.82) is 0 Å². The number of carbonyl (C=O) groups excluding carboxylic acids is 1.